The van der Waals surface area contributed by atoms with Crippen molar-refractivity contribution in [2.75, 3.05) is 20.1 Å². The van der Waals surface area contributed by atoms with Crippen LogP contribution < -0.4 is 0 Å². The van der Waals surface area contributed by atoms with Crippen molar-refractivity contribution < 1.29 is 9.59 Å². The predicted molar refractivity (Wildman–Crippen MR) is 107 cm³/mol. The number of hydrogen-bond donors (Lipinski definition) is 0. The summed E-state index contributed by atoms with van der Waals surface area (Å²) in [4.78, 5) is 28.5. The van der Waals surface area contributed by atoms with Crippen LogP contribution in [0, 0.1) is 18.8 Å². The summed E-state index contributed by atoms with van der Waals surface area (Å²) >= 11 is 0. The van der Waals surface area contributed by atoms with Crippen LogP contribution in [0.5, 0.6) is 0 Å². The average Bonchev–Trinajstić information content (AvgIpc) is 3.37. The van der Waals surface area contributed by atoms with Gasteiger partial charge in [0.25, 0.3) is 0 Å². The summed E-state index contributed by atoms with van der Waals surface area (Å²) < 4.78 is 1.30. The van der Waals surface area contributed by atoms with Crippen LogP contribution in [0.4, 0.5) is 4.79 Å². The second kappa shape index (κ2) is 7.51. The second-order valence-electron chi connectivity index (χ2n) is 8.44. The van der Waals surface area contributed by atoms with E-state index in [-0.39, 0.29) is 11.8 Å². The van der Waals surface area contributed by atoms with Crippen LogP contribution in [0.25, 0.3) is 0 Å². The first-order chi connectivity index (χ1) is 13.4. The Morgan fingerprint density at radius 2 is 1.75 bits per heavy atom. The first-order valence-corrected chi connectivity index (χ1v) is 10.0. The van der Waals surface area contributed by atoms with E-state index in [4.69, 9.17) is 0 Å². The van der Waals surface area contributed by atoms with Gasteiger partial charge in [-0.15, -0.1) is 0 Å². The Labute approximate surface area is 166 Å². The van der Waals surface area contributed by atoms with E-state index >= 15 is 0 Å². The van der Waals surface area contributed by atoms with Gasteiger partial charge < -0.3 is 4.90 Å². The lowest BCUT2D eigenvalue weighted by Crippen LogP contribution is -2.36. The van der Waals surface area contributed by atoms with Gasteiger partial charge in [0, 0.05) is 38.8 Å². The standard InChI is InChI=1S/C22H28N4O2/c1-15-4-6-17(7-5-15)12-24(3)20-10-18-13-25(14-19(18)11-20)22(28)26-9-8-21(23-26)16(2)27/h4-9,18-20H,10-14H2,1-3H3/t18-,19+,20-. The van der Waals surface area contributed by atoms with Crippen LogP contribution in [-0.2, 0) is 6.54 Å². The van der Waals surface area contributed by atoms with E-state index in [1.165, 1.54) is 22.7 Å². The van der Waals surface area contributed by atoms with Gasteiger partial charge in [0.2, 0.25) is 0 Å². The zero-order chi connectivity index (χ0) is 19.8. The molecule has 6 heteroatoms. The van der Waals surface area contributed by atoms with Crippen molar-refractivity contribution in [1.29, 1.82) is 0 Å². The molecule has 2 aromatic rings. The molecule has 1 aliphatic heterocycles. The number of likely N-dealkylation sites (tertiary alicyclic amines) is 1. The molecule has 1 saturated heterocycles. The quantitative estimate of drug-likeness (QED) is 0.765. The highest BCUT2D eigenvalue weighted by molar-refractivity contribution is 5.92. The van der Waals surface area contributed by atoms with Crippen LogP contribution in [0.15, 0.2) is 36.5 Å². The van der Waals surface area contributed by atoms with E-state index in [2.05, 4.69) is 48.2 Å². The number of Topliss-reactive ketones (excluding diaryl/α,β-unsaturated/α-hetero) is 1. The maximum Gasteiger partial charge on any atom is 0.344 e. The summed E-state index contributed by atoms with van der Waals surface area (Å²) in [7, 11) is 2.21. The Balaban J connectivity index is 1.33. The first-order valence-electron chi connectivity index (χ1n) is 10.0. The number of aromatic nitrogens is 2. The third-order valence-electron chi connectivity index (χ3n) is 6.32. The van der Waals surface area contributed by atoms with Crippen molar-refractivity contribution in [2.24, 2.45) is 11.8 Å². The first kappa shape index (κ1) is 18.9. The van der Waals surface area contributed by atoms with Crippen molar-refractivity contribution in [1.82, 2.24) is 19.6 Å². The number of benzene rings is 1. The molecular weight excluding hydrogens is 352 g/mol. The van der Waals surface area contributed by atoms with Crippen molar-refractivity contribution in [2.45, 2.75) is 39.3 Å². The van der Waals surface area contributed by atoms with Crippen molar-refractivity contribution in [3.8, 4) is 0 Å². The molecule has 4 rings (SSSR count). The van der Waals surface area contributed by atoms with Gasteiger partial charge >= 0.3 is 6.03 Å². The highest BCUT2D eigenvalue weighted by Crippen LogP contribution is 2.40. The van der Waals surface area contributed by atoms with Gasteiger partial charge in [-0.3, -0.25) is 9.69 Å². The predicted octanol–water partition coefficient (Wildman–Crippen LogP) is 3.20. The van der Waals surface area contributed by atoms with Gasteiger partial charge in [-0.05, 0) is 50.3 Å². The number of rotatable bonds is 4. The average molecular weight is 380 g/mol. The van der Waals surface area contributed by atoms with E-state index in [0.717, 1.165) is 32.5 Å². The van der Waals surface area contributed by atoms with Gasteiger partial charge in [-0.2, -0.15) is 9.78 Å². The molecule has 6 nitrogen and oxygen atoms in total. The number of carbonyl (C=O) groups is 2. The molecule has 28 heavy (non-hydrogen) atoms. The largest absolute Gasteiger partial charge is 0.344 e. The molecule has 2 fully saturated rings. The summed E-state index contributed by atoms with van der Waals surface area (Å²) in [5, 5.41) is 4.11. The lowest BCUT2D eigenvalue weighted by molar-refractivity contribution is 0.101. The summed E-state index contributed by atoms with van der Waals surface area (Å²) in [6, 6.07) is 10.8. The summed E-state index contributed by atoms with van der Waals surface area (Å²) in [6.45, 7) is 6.11. The number of carbonyl (C=O) groups excluding carboxylic acids is 2. The highest BCUT2D eigenvalue weighted by atomic mass is 16.2. The molecule has 0 bridgehead atoms. The normalized spacial score (nSPS) is 24.0. The fourth-order valence-electron chi connectivity index (χ4n) is 4.66. The fourth-order valence-corrected chi connectivity index (χ4v) is 4.66. The molecule has 0 radical (unpaired) electrons. The van der Waals surface area contributed by atoms with Crippen LogP contribution >= 0.6 is 0 Å². The van der Waals surface area contributed by atoms with Crippen molar-refractivity contribution >= 4 is 11.8 Å². The fraction of sp³-hybridized carbons (Fsp3) is 0.500. The van der Waals surface area contributed by atoms with E-state index in [1.54, 1.807) is 12.3 Å². The van der Waals surface area contributed by atoms with Gasteiger partial charge in [-0.25, -0.2) is 4.79 Å². The topological polar surface area (TPSA) is 58.4 Å². The molecule has 0 spiro atoms. The smallest absolute Gasteiger partial charge is 0.322 e. The minimum Gasteiger partial charge on any atom is -0.322 e. The molecule has 0 unspecified atom stereocenters. The van der Waals surface area contributed by atoms with E-state index in [9.17, 15) is 9.59 Å². The number of fused-ring (bicyclic) bond motifs is 1. The van der Waals surface area contributed by atoms with Gasteiger partial charge in [0.05, 0.1) is 0 Å². The number of nitrogens with zero attached hydrogens (tertiary/aromatic N) is 4. The number of amides is 1. The molecule has 2 heterocycles. The third kappa shape index (κ3) is 3.74. The summed E-state index contributed by atoms with van der Waals surface area (Å²) in [6.07, 6.45) is 3.86. The van der Waals surface area contributed by atoms with Gasteiger partial charge in [0.15, 0.2) is 5.78 Å². The summed E-state index contributed by atoms with van der Waals surface area (Å²) in [5.41, 5.74) is 2.98. The van der Waals surface area contributed by atoms with Crippen molar-refractivity contribution in [3.05, 3.63) is 53.3 Å². The molecule has 1 aromatic carbocycles. The van der Waals surface area contributed by atoms with Gasteiger partial charge in [-0.1, -0.05) is 29.8 Å². The zero-order valence-corrected chi connectivity index (χ0v) is 16.8. The molecule has 148 valence electrons. The minimum absolute atomic E-state index is 0.119. The maximum atomic E-state index is 12.7. The lowest BCUT2D eigenvalue weighted by atomic mass is 10.0. The Kier molecular flexibility index (Phi) is 5.06. The molecule has 1 aromatic heterocycles. The number of ketones is 1. The Bertz CT molecular complexity index is 859. The molecule has 1 saturated carbocycles. The summed E-state index contributed by atoms with van der Waals surface area (Å²) in [5.74, 6) is 0.985. The minimum atomic E-state index is -0.121. The maximum absolute atomic E-state index is 12.7. The monoisotopic (exact) mass is 380 g/mol. The SMILES string of the molecule is CC(=O)c1ccn(C(=O)N2C[C@H]3C[C@@H](N(C)Cc4ccc(C)cc4)C[C@H]3C2)n1. The third-order valence-corrected chi connectivity index (χ3v) is 6.32. The number of hydrogen-bond acceptors (Lipinski definition) is 4. The Morgan fingerprint density at radius 1 is 1.11 bits per heavy atom. The van der Waals surface area contributed by atoms with Crippen LogP contribution in [-0.4, -0.2) is 57.6 Å². The van der Waals surface area contributed by atoms with Crippen molar-refractivity contribution in [3.63, 3.8) is 0 Å². The molecule has 1 aliphatic carbocycles. The molecular formula is C22H28N4O2. The van der Waals surface area contributed by atoms with Crippen LogP contribution in [0.3, 0.4) is 0 Å². The second-order valence-corrected chi connectivity index (χ2v) is 8.44. The molecule has 3 atom stereocenters. The Hall–Kier alpha value is -2.47. The molecule has 0 N–H and O–H groups in total. The van der Waals surface area contributed by atoms with E-state index < -0.39 is 0 Å². The number of aryl methyl sites for hydroxylation is 1. The highest BCUT2D eigenvalue weighted by Gasteiger charge is 2.43. The lowest BCUT2D eigenvalue weighted by Gasteiger charge is -2.26. The van der Waals surface area contributed by atoms with E-state index in [1.807, 2.05) is 4.90 Å². The van der Waals surface area contributed by atoms with E-state index in [0.29, 0.717) is 23.6 Å². The van der Waals surface area contributed by atoms with Crippen LogP contribution in [0.2, 0.25) is 0 Å². The van der Waals surface area contributed by atoms with Gasteiger partial charge in [0.1, 0.15) is 5.69 Å². The molecule has 1 amide bonds. The Morgan fingerprint density at radius 3 is 2.32 bits per heavy atom. The van der Waals surface area contributed by atoms with Crippen LogP contribution in [0.1, 0.15) is 41.4 Å². The molecule has 2 aliphatic rings. The zero-order valence-electron chi connectivity index (χ0n) is 16.8.